The summed E-state index contributed by atoms with van der Waals surface area (Å²) in [6.45, 7) is 7.19. The van der Waals surface area contributed by atoms with E-state index in [0.717, 1.165) is 36.4 Å². The molecule has 0 unspecified atom stereocenters. The van der Waals surface area contributed by atoms with E-state index in [1.807, 2.05) is 12.1 Å². The molecule has 1 saturated carbocycles. The number of benzene rings is 1. The van der Waals surface area contributed by atoms with Gasteiger partial charge in [0.15, 0.2) is 0 Å². The zero-order valence-electron chi connectivity index (χ0n) is 13.1. The van der Waals surface area contributed by atoms with E-state index in [-0.39, 0.29) is 0 Å². The van der Waals surface area contributed by atoms with Crippen LogP contribution in [0.15, 0.2) is 28.7 Å². The monoisotopic (exact) mass is 286 g/mol. The summed E-state index contributed by atoms with van der Waals surface area (Å²) >= 11 is 0. The molecule has 3 heteroatoms. The van der Waals surface area contributed by atoms with E-state index >= 15 is 0 Å². The van der Waals surface area contributed by atoms with Crippen molar-refractivity contribution in [2.45, 2.75) is 52.2 Å². The number of nitrogens with two attached hydrogens (primary N) is 1. The van der Waals surface area contributed by atoms with Gasteiger partial charge >= 0.3 is 0 Å². The van der Waals surface area contributed by atoms with E-state index in [2.05, 4.69) is 30.9 Å². The largest absolute Gasteiger partial charge is 0.459 e. The molecule has 21 heavy (non-hydrogen) atoms. The van der Waals surface area contributed by atoms with E-state index < -0.39 is 0 Å². The highest BCUT2D eigenvalue weighted by atomic mass is 16.3. The Morgan fingerprint density at radius 2 is 2.05 bits per heavy atom. The first kappa shape index (κ1) is 14.6. The van der Waals surface area contributed by atoms with E-state index in [0.29, 0.717) is 6.54 Å². The number of para-hydroxylation sites is 1. The maximum Gasteiger partial charge on any atom is 0.134 e. The summed E-state index contributed by atoms with van der Waals surface area (Å²) in [5.41, 5.74) is 8.12. The Labute approximate surface area is 127 Å². The Morgan fingerprint density at radius 1 is 1.29 bits per heavy atom. The van der Waals surface area contributed by atoms with Gasteiger partial charge in [-0.3, -0.25) is 4.90 Å². The van der Waals surface area contributed by atoms with Gasteiger partial charge < -0.3 is 10.2 Å². The lowest BCUT2D eigenvalue weighted by Crippen LogP contribution is -2.28. The van der Waals surface area contributed by atoms with Crippen molar-refractivity contribution < 1.29 is 4.42 Å². The van der Waals surface area contributed by atoms with Crippen molar-refractivity contribution >= 4 is 11.0 Å². The van der Waals surface area contributed by atoms with Gasteiger partial charge in [-0.1, -0.05) is 32.0 Å². The number of hydrogen-bond donors (Lipinski definition) is 1. The molecule has 1 aliphatic rings. The number of fused-ring (bicyclic) bond motifs is 1. The minimum Gasteiger partial charge on any atom is -0.459 e. The second-order valence-electron chi connectivity index (χ2n) is 6.59. The van der Waals surface area contributed by atoms with Crippen LogP contribution in [0.5, 0.6) is 0 Å². The van der Waals surface area contributed by atoms with Crippen LogP contribution in [-0.4, -0.2) is 17.5 Å². The van der Waals surface area contributed by atoms with Gasteiger partial charge in [-0.25, -0.2) is 0 Å². The molecule has 1 aliphatic carbocycles. The Hall–Kier alpha value is -1.32. The highest BCUT2D eigenvalue weighted by Gasteiger charge is 2.30. The summed E-state index contributed by atoms with van der Waals surface area (Å²) in [5, 5.41) is 1.18. The quantitative estimate of drug-likeness (QED) is 0.839. The predicted octanol–water partition coefficient (Wildman–Crippen LogP) is 3.90. The van der Waals surface area contributed by atoms with Crippen molar-refractivity contribution in [2.24, 2.45) is 11.7 Å². The van der Waals surface area contributed by atoms with Gasteiger partial charge in [0.2, 0.25) is 0 Å². The lowest BCUT2D eigenvalue weighted by molar-refractivity contribution is 0.222. The third-order valence-corrected chi connectivity index (χ3v) is 4.39. The van der Waals surface area contributed by atoms with Crippen LogP contribution in [0.2, 0.25) is 0 Å². The Kier molecular flexibility index (Phi) is 4.32. The molecule has 1 fully saturated rings. The lowest BCUT2D eigenvalue weighted by Gasteiger charge is -2.22. The molecule has 1 aromatic carbocycles. The Bertz CT molecular complexity index is 598. The fraction of sp³-hybridized carbons (Fsp3) is 0.556. The highest BCUT2D eigenvalue weighted by Crippen LogP contribution is 2.32. The van der Waals surface area contributed by atoms with Crippen LogP contribution in [0, 0.1) is 5.92 Å². The van der Waals surface area contributed by atoms with E-state index in [9.17, 15) is 0 Å². The highest BCUT2D eigenvalue weighted by molar-refractivity contribution is 5.82. The molecule has 2 aromatic rings. The maximum atomic E-state index is 6.08. The number of rotatable bonds is 7. The third kappa shape index (κ3) is 3.30. The van der Waals surface area contributed by atoms with Crippen LogP contribution >= 0.6 is 0 Å². The first-order valence-corrected chi connectivity index (χ1v) is 8.12. The molecule has 114 valence electrons. The standard InChI is InChI=1S/C18H26N2O/c1-13(2)9-10-20(14-7-8-14)12-18-16(11-19)15-5-3-4-6-17(15)21-18/h3-6,13-14H,7-12,19H2,1-2H3. The van der Waals surface area contributed by atoms with Crippen molar-refractivity contribution in [3.8, 4) is 0 Å². The SMILES string of the molecule is CC(C)CCN(Cc1oc2ccccc2c1CN)C1CC1. The number of hydrogen-bond acceptors (Lipinski definition) is 3. The van der Waals surface area contributed by atoms with Gasteiger partial charge in [-0.2, -0.15) is 0 Å². The van der Waals surface area contributed by atoms with Gasteiger partial charge in [-0.05, 0) is 37.8 Å². The minimum absolute atomic E-state index is 0.551. The molecule has 2 N–H and O–H groups in total. The van der Waals surface area contributed by atoms with Crippen molar-refractivity contribution in [2.75, 3.05) is 6.54 Å². The van der Waals surface area contributed by atoms with E-state index in [4.69, 9.17) is 10.2 Å². The van der Waals surface area contributed by atoms with Crippen LogP contribution in [0.3, 0.4) is 0 Å². The lowest BCUT2D eigenvalue weighted by atomic mass is 10.1. The molecule has 3 nitrogen and oxygen atoms in total. The van der Waals surface area contributed by atoms with Gasteiger partial charge in [0.05, 0.1) is 6.54 Å². The van der Waals surface area contributed by atoms with Crippen molar-refractivity contribution in [3.63, 3.8) is 0 Å². The third-order valence-electron chi connectivity index (χ3n) is 4.39. The summed E-state index contributed by atoms with van der Waals surface area (Å²) in [6.07, 6.45) is 3.90. The van der Waals surface area contributed by atoms with Gasteiger partial charge in [0.1, 0.15) is 11.3 Å². The molecule has 1 heterocycles. The molecule has 0 aliphatic heterocycles. The van der Waals surface area contributed by atoms with E-state index in [1.54, 1.807) is 0 Å². The molecule has 0 radical (unpaired) electrons. The predicted molar refractivity (Wildman–Crippen MR) is 87.0 cm³/mol. The minimum atomic E-state index is 0.551. The summed E-state index contributed by atoms with van der Waals surface area (Å²) in [7, 11) is 0. The fourth-order valence-electron chi connectivity index (χ4n) is 2.94. The maximum absolute atomic E-state index is 6.08. The van der Waals surface area contributed by atoms with Gasteiger partial charge in [-0.15, -0.1) is 0 Å². The van der Waals surface area contributed by atoms with E-state index in [1.165, 1.54) is 30.2 Å². The fourth-order valence-corrected chi connectivity index (χ4v) is 2.94. The molecule has 1 aromatic heterocycles. The molecule has 0 spiro atoms. The van der Waals surface area contributed by atoms with Crippen LogP contribution in [0.1, 0.15) is 44.4 Å². The molecular formula is C18H26N2O. The number of furan rings is 1. The molecule has 3 rings (SSSR count). The zero-order valence-corrected chi connectivity index (χ0v) is 13.1. The van der Waals surface area contributed by atoms with Crippen molar-refractivity contribution in [3.05, 3.63) is 35.6 Å². The number of nitrogens with zero attached hydrogens (tertiary/aromatic N) is 1. The Morgan fingerprint density at radius 3 is 2.71 bits per heavy atom. The van der Waals surface area contributed by atoms with Crippen LogP contribution in [0.25, 0.3) is 11.0 Å². The topological polar surface area (TPSA) is 42.4 Å². The summed E-state index contributed by atoms with van der Waals surface area (Å²) < 4.78 is 6.08. The summed E-state index contributed by atoms with van der Waals surface area (Å²) in [5.74, 6) is 1.81. The molecule has 0 saturated heterocycles. The smallest absolute Gasteiger partial charge is 0.134 e. The normalized spacial score (nSPS) is 15.5. The second-order valence-corrected chi connectivity index (χ2v) is 6.59. The average Bonchev–Trinajstić information content (AvgIpc) is 3.24. The molecule has 0 amide bonds. The Balaban J connectivity index is 1.81. The molecule has 0 atom stereocenters. The van der Waals surface area contributed by atoms with Gasteiger partial charge in [0.25, 0.3) is 0 Å². The van der Waals surface area contributed by atoms with Crippen molar-refractivity contribution in [1.82, 2.24) is 4.90 Å². The average molecular weight is 286 g/mol. The summed E-state index contributed by atoms with van der Waals surface area (Å²) in [4.78, 5) is 2.58. The zero-order chi connectivity index (χ0) is 14.8. The van der Waals surface area contributed by atoms with Gasteiger partial charge in [0, 0.05) is 23.5 Å². The molecular weight excluding hydrogens is 260 g/mol. The van der Waals surface area contributed by atoms with Crippen LogP contribution in [-0.2, 0) is 13.1 Å². The second kappa shape index (κ2) is 6.20. The summed E-state index contributed by atoms with van der Waals surface area (Å²) in [6, 6.07) is 8.97. The first-order chi connectivity index (χ1) is 10.2. The van der Waals surface area contributed by atoms with Crippen LogP contribution in [0.4, 0.5) is 0 Å². The first-order valence-electron chi connectivity index (χ1n) is 8.12. The molecule has 0 bridgehead atoms. The van der Waals surface area contributed by atoms with Crippen molar-refractivity contribution in [1.29, 1.82) is 0 Å². The van der Waals surface area contributed by atoms with Crippen LogP contribution < -0.4 is 5.73 Å².